The summed E-state index contributed by atoms with van der Waals surface area (Å²) in [6.07, 6.45) is 0. The smallest absolute Gasteiger partial charge is 0.323 e. The molecule has 0 saturated carbocycles. The highest BCUT2D eigenvalue weighted by atomic mass is 127. The second-order valence-corrected chi connectivity index (χ2v) is 5.75. The molecule has 0 radical (unpaired) electrons. The third-order valence-electron chi connectivity index (χ3n) is 2.85. The van der Waals surface area contributed by atoms with Crippen LogP contribution in [0.2, 0.25) is 0 Å². The van der Waals surface area contributed by atoms with Crippen molar-refractivity contribution in [3.63, 3.8) is 0 Å². The summed E-state index contributed by atoms with van der Waals surface area (Å²) in [7, 11) is 0. The molecule has 0 spiro atoms. The van der Waals surface area contributed by atoms with Crippen molar-refractivity contribution in [2.45, 2.75) is 6.92 Å². The highest BCUT2D eigenvalue weighted by Gasteiger charge is 2.06. The van der Waals surface area contributed by atoms with E-state index < -0.39 is 0 Å². The molecule has 21 heavy (non-hydrogen) atoms. The third kappa shape index (κ3) is 3.33. The van der Waals surface area contributed by atoms with Crippen LogP contribution in [0.1, 0.15) is 5.89 Å². The van der Waals surface area contributed by atoms with Crippen molar-refractivity contribution in [1.82, 2.24) is 4.98 Å². The molecule has 2 N–H and O–H groups in total. The number of carbonyl (C=O) groups is 1. The molecule has 0 aliphatic rings. The number of rotatable bonds is 2. The first-order valence-corrected chi connectivity index (χ1v) is 7.39. The van der Waals surface area contributed by atoms with Gasteiger partial charge in [0, 0.05) is 21.9 Å². The number of amides is 2. The lowest BCUT2D eigenvalue weighted by Gasteiger charge is -2.07. The summed E-state index contributed by atoms with van der Waals surface area (Å²) >= 11 is 2.21. The predicted octanol–water partition coefficient (Wildman–Crippen LogP) is 4.38. The molecule has 106 valence electrons. The van der Waals surface area contributed by atoms with Gasteiger partial charge in [-0.05, 0) is 65.1 Å². The van der Waals surface area contributed by atoms with Crippen LogP contribution in [0, 0.1) is 10.5 Å². The number of aromatic nitrogens is 1. The van der Waals surface area contributed by atoms with Gasteiger partial charge in [-0.15, -0.1) is 0 Å². The second kappa shape index (κ2) is 5.72. The second-order valence-electron chi connectivity index (χ2n) is 4.50. The van der Waals surface area contributed by atoms with Crippen molar-refractivity contribution in [3.8, 4) is 0 Å². The first-order chi connectivity index (χ1) is 10.1. The lowest BCUT2D eigenvalue weighted by molar-refractivity contribution is 0.262. The van der Waals surface area contributed by atoms with Crippen molar-refractivity contribution < 1.29 is 9.21 Å². The average Bonchev–Trinajstić information content (AvgIpc) is 2.80. The van der Waals surface area contributed by atoms with Gasteiger partial charge in [-0.2, -0.15) is 0 Å². The van der Waals surface area contributed by atoms with E-state index in [2.05, 4.69) is 38.2 Å². The molecule has 0 aliphatic heterocycles. The Hall–Kier alpha value is -2.09. The fraction of sp³-hybridized carbons (Fsp3) is 0.0667. The molecule has 0 bridgehead atoms. The molecular formula is C15H12IN3O2. The van der Waals surface area contributed by atoms with Gasteiger partial charge in [0.15, 0.2) is 11.5 Å². The fourth-order valence-electron chi connectivity index (χ4n) is 1.95. The molecular weight excluding hydrogens is 381 g/mol. The van der Waals surface area contributed by atoms with E-state index in [1.54, 1.807) is 25.1 Å². The maximum Gasteiger partial charge on any atom is 0.323 e. The number of benzene rings is 2. The zero-order valence-electron chi connectivity index (χ0n) is 11.2. The van der Waals surface area contributed by atoms with Crippen LogP contribution in [0.4, 0.5) is 16.2 Å². The van der Waals surface area contributed by atoms with Crippen LogP contribution < -0.4 is 10.6 Å². The van der Waals surface area contributed by atoms with Crippen molar-refractivity contribution in [1.29, 1.82) is 0 Å². The van der Waals surface area contributed by atoms with Gasteiger partial charge in [-0.1, -0.05) is 0 Å². The number of hydrogen-bond donors (Lipinski definition) is 2. The largest absolute Gasteiger partial charge is 0.441 e. The number of fused-ring (bicyclic) bond motifs is 1. The minimum atomic E-state index is -0.296. The molecule has 0 saturated heterocycles. The number of anilines is 2. The highest BCUT2D eigenvalue weighted by molar-refractivity contribution is 14.1. The lowest BCUT2D eigenvalue weighted by atomic mass is 10.3. The topological polar surface area (TPSA) is 67.2 Å². The maximum atomic E-state index is 11.9. The van der Waals surface area contributed by atoms with Gasteiger partial charge in [0.05, 0.1) is 0 Å². The molecule has 6 heteroatoms. The molecule has 0 atom stereocenters. The first kappa shape index (κ1) is 13.9. The predicted molar refractivity (Wildman–Crippen MR) is 90.5 cm³/mol. The molecule has 0 aliphatic carbocycles. The van der Waals surface area contributed by atoms with Gasteiger partial charge in [0.25, 0.3) is 0 Å². The Labute approximate surface area is 134 Å². The Bertz CT molecular complexity index is 796. The van der Waals surface area contributed by atoms with Crippen LogP contribution in [0.5, 0.6) is 0 Å². The Morgan fingerprint density at radius 3 is 2.52 bits per heavy atom. The van der Waals surface area contributed by atoms with E-state index in [0.29, 0.717) is 17.2 Å². The van der Waals surface area contributed by atoms with Gasteiger partial charge < -0.3 is 15.1 Å². The van der Waals surface area contributed by atoms with E-state index in [1.807, 2.05) is 24.3 Å². The standard InChI is InChI=1S/C15H12IN3O2/c1-9-17-13-8-12(6-7-14(13)21-9)19-15(20)18-11-4-2-10(16)3-5-11/h2-8H,1H3,(H2,18,19,20). The van der Waals surface area contributed by atoms with E-state index in [1.165, 1.54) is 0 Å². The maximum absolute atomic E-state index is 11.9. The summed E-state index contributed by atoms with van der Waals surface area (Å²) in [6, 6.07) is 12.6. The third-order valence-corrected chi connectivity index (χ3v) is 3.57. The number of nitrogens with one attached hydrogen (secondary N) is 2. The van der Waals surface area contributed by atoms with Crippen LogP contribution in [0.15, 0.2) is 46.9 Å². The van der Waals surface area contributed by atoms with Crippen molar-refractivity contribution >= 4 is 51.1 Å². The summed E-state index contributed by atoms with van der Waals surface area (Å²) in [5.74, 6) is 0.602. The van der Waals surface area contributed by atoms with Crippen molar-refractivity contribution in [2.75, 3.05) is 10.6 Å². The average molecular weight is 393 g/mol. The summed E-state index contributed by atoms with van der Waals surface area (Å²) in [5.41, 5.74) is 2.83. The molecule has 3 aromatic rings. The number of aryl methyl sites for hydroxylation is 1. The van der Waals surface area contributed by atoms with E-state index in [4.69, 9.17) is 4.42 Å². The Kier molecular flexibility index (Phi) is 3.78. The minimum absolute atomic E-state index is 0.296. The number of nitrogens with zero attached hydrogens (tertiary/aromatic N) is 1. The molecule has 1 heterocycles. The molecule has 2 aromatic carbocycles. The molecule has 5 nitrogen and oxygen atoms in total. The SMILES string of the molecule is Cc1nc2cc(NC(=O)Nc3ccc(I)cc3)ccc2o1. The van der Waals surface area contributed by atoms with Gasteiger partial charge >= 0.3 is 6.03 Å². The van der Waals surface area contributed by atoms with E-state index >= 15 is 0 Å². The van der Waals surface area contributed by atoms with E-state index in [9.17, 15) is 4.79 Å². The van der Waals surface area contributed by atoms with Crippen LogP contribution >= 0.6 is 22.6 Å². The zero-order chi connectivity index (χ0) is 14.8. The van der Waals surface area contributed by atoms with E-state index in [0.717, 1.165) is 14.8 Å². The lowest BCUT2D eigenvalue weighted by Crippen LogP contribution is -2.19. The minimum Gasteiger partial charge on any atom is -0.441 e. The summed E-state index contributed by atoms with van der Waals surface area (Å²) in [4.78, 5) is 16.2. The normalized spacial score (nSPS) is 10.6. The van der Waals surface area contributed by atoms with E-state index in [-0.39, 0.29) is 6.03 Å². The number of carbonyl (C=O) groups excluding carboxylic acids is 1. The molecule has 0 unspecified atom stereocenters. The Morgan fingerprint density at radius 1 is 1.10 bits per heavy atom. The Morgan fingerprint density at radius 2 is 1.76 bits per heavy atom. The monoisotopic (exact) mass is 393 g/mol. The van der Waals surface area contributed by atoms with Crippen molar-refractivity contribution in [2.24, 2.45) is 0 Å². The molecule has 3 rings (SSSR count). The zero-order valence-corrected chi connectivity index (χ0v) is 13.3. The summed E-state index contributed by atoms with van der Waals surface area (Å²) < 4.78 is 6.51. The van der Waals surface area contributed by atoms with Crippen LogP contribution in [-0.2, 0) is 0 Å². The quantitative estimate of drug-likeness (QED) is 0.635. The summed E-state index contributed by atoms with van der Waals surface area (Å²) in [5, 5.41) is 5.55. The fourth-order valence-corrected chi connectivity index (χ4v) is 2.31. The number of hydrogen-bond acceptors (Lipinski definition) is 3. The van der Waals surface area contributed by atoms with Gasteiger partial charge in [0.2, 0.25) is 0 Å². The summed E-state index contributed by atoms with van der Waals surface area (Å²) in [6.45, 7) is 1.79. The van der Waals surface area contributed by atoms with Gasteiger partial charge in [-0.25, -0.2) is 9.78 Å². The molecule has 1 aromatic heterocycles. The van der Waals surface area contributed by atoms with Gasteiger partial charge in [-0.3, -0.25) is 0 Å². The number of halogens is 1. The van der Waals surface area contributed by atoms with Gasteiger partial charge in [0.1, 0.15) is 5.52 Å². The van der Waals surface area contributed by atoms with Crippen molar-refractivity contribution in [3.05, 3.63) is 51.9 Å². The Balaban J connectivity index is 1.71. The van der Waals surface area contributed by atoms with Crippen LogP contribution in [0.3, 0.4) is 0 Å². The first-order valence-electron chi connectivity index (χ1n) is 6.31. The molecule has 0 fully saturated rings. The van der Waals surface area contributed by atoms with Crippen LogP contribution in [0.25, 0.3) is 11.1 Å². The number of oxazole rings is 1. The molecule has 2 amide bonds. The number of urea groups is 1. The highest BCUT2D eigenvalue weighted by Crippen LogP contribution is 2.20. The van der Waals surface area contributed by atoms with Crippen LogP contribution in [-0.4, -0.2) is 11.0 Å².